The van der Waals surface area contributed by atoms with Gasteiger partial charge in [0.15, 0.2) is 0 Å². The third-order valence-electron chi connectivity index (χ3n) is 0.235. The van der Waals surface area contributed by atoms with Crippen LogP contribution in [-0.4, -0.2) is 20.0 Å². The van der Waals surface area contributed by atoms with Gasteiger partial charge in [-0.2, -0.15) is 0 Å². The molecule has 1 radical (unpaired) electrons. The molecule has 0 aliphatic carbocycles. The van der Waals surface area contributed by atoms with Crippen molar-refractivity contribution in [3.63, 3.8) is 0 Å². The summed E-state index contributed by atoms with van der Waals surface area (Å²) in [5.74, 6) is 0. The molecule has 0 bridgehead atoms. The smallest absolute Gasteiger partial charge is 0.145 e. The van der Waals surface area contributed by atoms with Gasteiger partial charge in [-0.3, -0.25) is 0 Å². The van der Waals surface area contributed by atoms with E-state index in [-0.39, 0.29) is 42.2 Å². The first-order valence-corrected chi connectivity index (χ1v) is 1.34. The number of hydrogen-bond acceptors (Lipinski definition) is 2. The molecule has 0 spiro atoms. The van der Waals surface area contributed by atoms with Crippen LogP contribution in [0.3, 0.4) is 0 Å². The number of rotatable bonds is 2. The Hall–Kier alpha value is 0.825. The molecular formula is C3H6LaO2. The molecule has 33 valence electrons. The molecule has 0 aromatic heterocycles. The van der Waals surface area contributed by atoms with Gasteiger partial charge in [0, 0.05) is 42.7 Å². The minimum atomic E-state index is 0. The maximum absolute atomic E-state index is 9.28. The third-order valence-corrected chi connectivity index (χ3v) is 0.235. The Kier molecular flexibility index (Phi) is 15.4. The summed E-state index contributed by atoms with van der Waals surface area (Å²) in [6.07, 6.45) is 0.708. The molecule has 6 heavy (non-hydrogen) atoms. The molecule has 0 saturated heterocycles. The van der Waals surface area contributed by atoms with Crippen LogP contribution in [0.4, 0.5) is 0 Å². The molecule has 0 N–H and O–H groups in total. The fraction of sp³-hybridized carbons (Fsp3) is 0.667. The van der Waals surface area contributed by atoms with Crippen molar-refractivity contribution < 1.29 is 45.1 Å². The first-order chi connectivity index (χ1) is 2.41. The van der Waals surface area contributed by atoms with E-state index < -0.39 is 0 Å². The second-order valence-corrected chi connectivity index (χ2v) is 0.622. The van der Waals surface area contributed by atoms with Gasteiger partial charge < -0.3 is 9.53 Å². The predicted molar refractivity (Wildman–Crippen MR) is 17.9 cm³/mol. The predicted octanol–water partition coefficient (Wildman–Crippen LogP) is -0.168. The Bertz CT molecular complexity index is 30.0. The van der Waals surface area contributed by atoms with E-state index in [4.69, 9.17) is 0 Å². The van der Waals surface area contributed by atoms with Crippen LogP contribution in [0.15, 0.2) is 0 Å². The number of ether oxygens (including phenoxy) is 1. The molecule has 0 aromatic carbocycles. The summed E-state index contributed by atoms with van der Waals surface area (Å²) in [4.78, 5) is 9.28. The molecule has 0 rings (SSSR count). The zero-order valence-corrected chi connectivity index (χ0v) is 7.30. The minimum absolute atomic E-state index is 0. The van der Waals surface area contributed by atoms with Crippen LogP contribution >= 0.6 is 0 Å². The summed E-state index contributed by atoms with van der Waals surface area (Å²) < 4.78 is 4.32. The van der Waals surface area contributed by atoms with Gasteiger partial charge in [-0.15, -0.1) is 0 Å². The Balaban J connectivity index is 0. The Labute approximate surface area is 64.8 Å². The third kappa shape index (κ3) is 8.85. The number of hydrogen-bond donors (Lipinski definition) is 0. The minimum Gasteiger partial charge on any atom is -0.377 e. The maximum Gasteiger partial charge on any atom is 0.145 e. The largest absolute Gasteiger partial charge is 0.377 e. The maximum atomic E-state index is 9.28. The fourth-order valence-electron chi connectivity index (χ4n) is 0.0680. The number of carbonyl (C=O) groups is 1. The van der Waals surface area contributed by atoms with Crippen LogP contribution in [0, 0.1) is 35.6 Å². The second-order valence-electron chi connectivity index (χ2n) is 0.622. The van der Waals surface area contributed by atoms with Crippen molar-refractivity contribution in [2.45, 2.75) is 0 Å². The number of methoxy groups -OCH3 is 1. The second kappa shape index (κ2) is 9.27. The monoisotopic (exact) mass is 213 g/mol. The van der Waals surface area contributed by atoms with E-state index in [0.29, 0.717) is 6.29 Å². The molecular weight excluding hydrogens is 207 g/mol. The van der Waals surface area contributed by atoms with E-state index in [2.05, 4.69) is 4.74 Å². The quantitative estimate of drug-likeness (QED) is 0.595. The molecule has 3 heteroatoms. The first-order valence-electron chi connectivity index (χ1n) is 1.34. The van der Waals surface area contributed by atoms with Gasteiger partial charge in [-0.25, -0.2) is 0 Å². The number of carbonyl (C=O) groups excluding carboxylic acids is 1. The van der Waals surface area contributed by atoms with Crippen molar-refractivity contribution in [3.8, 4) is 0 Å². The van der Waals surface area contributed by atoms with Crippen LogP contribution in [0.25, 0.3) is 0 Å². The normalized spacial score (nSPS) is 6.17. The summed E-state index contributed by atoms with van der Waals surface area (Å²) in [7, 11) is 1.48. The topological polar surface area (TPSA) is 26.3 Å². The van der Waals surface area contributed by atoms with Gasteiger partial charge in [0.25, 0.3) is 0 Å². The summed E-state index contributed by atoms with van der Waals surface area (Å²) in [5.41, 5.74) is 0. The molecule has 0 fully saturated rings. The Morgan fingerprint density at radius 3 is 2.33 bits per heavy atom. The van der Waals surface area contributed by atoms with Crippen LogP contribution in [0.5, 0.6) is 0 Å². The van der Waals surface area contributed by atoms with Crippen LogP contribution in [-0.2, 0) is 9.53 Å². The molecule has 2 nitrogen and oxygen atoms in total. The zero-order chi connectivity index (χ0) is 4.12. The number of aldehydes is 1. The van der Waals surface area contributed by atoms with Gasteiger partial charge in [-0.05, 0) is 0 Å². The van der Waals surface area contributed by atoms with Crippen LogP contribution in [0.1, 0.15) is 0 Å². The fourth-order valence-corrected chi connectivity index (χ4v) is 0.0680. The molecule has 0 amide bonds. The van der Waals surface area contributed by atoms with E-state index in [0.717, 1.165) is 0 Å². The van der Waals surface area contributed by atoms with E-state index in [1.165, 1.54) is 7.11 Å². The van der Waals surface area contributed by atoms with Gasteiger partial charge >= 0.3 is 0 Å². The van der Waals surface area contributed by atoms with Gasteiger partial charge in [0.2, 0.25) is 0 Å². The van der Waals surface area contributed by atoms with Crippen molar-refractivity contribution in [2.24, 2.45) is 0 Å². The molecule has 0 saturated carbocycles. The van der Waals surface area contributed by atoms with Crippen molar-refractivity contribution in [1.29, 1.82) is 0 Å². The SMILES string of the molecule is COCC=O.[La]. The molecule has 0 aliphatic rings. The van der Waals surface area contributed by atoms with E-state index in [9.17, 15) is 4.79 Å². The zero-order valence-electron chi connectivity index (χ0n) is 3.68. The van der Waals surface area contributed by atoms with E-state index in [1.54, 1.807) is 0 Å². The Morgan fingerprint density at radius 1 is 1.83 bits per heavy atom. The average molecular weight is 213 g/mol. The Morgan fingerprint density at radius 2 is 2.33 bits per heavy atom. The van der Waals surface area contributed by atoms with Gasteiger partial charge in [-0.1, -0.05) is 0 Å². The molecule has 0 aromatic rings. The van der Waals surface area contributed by atoms with Crippen LogP contribution in [0.2, 0.25) is 0 Å². The summed E-state index contributed by atoms with van der Waals surface area (Å²) in [6.45, 7) is 0.208. The van der Waals surface area contributed by atoms with Crippen molar-refractivity contribution >= 4 is 6.29 Å². The summed E-state index contributed by atoms with van der Waals surface area (Å²) in [6, 6.07) is 0. The van der Waals surface area contributed by atoms with Crippen LogP contribution < -0.4 is 0 Å². The molecule has 0 aliphatic heterocycles. The van der Waals surface area contributed by atoms with Crippen molar-refractivity contribution in [1.82, 2.24) is 0 Å². The first kappa shape index (κ1) is 9.95. The molecule has 0 atom stereocenters. The van der Waals surface area contributed by atoms with Gasteiger partial charge in [0.1, 0.15) is 12.9 Å². The average Bonchev–Trinajstić information content (AvgIpc) is 1.41. The van der Waals surface area contributed by atoms with Crippen molar-refractivity contribution in [3.05, 3.63) is 0 Å². The standard InChI is InChI=1S/C3H6O2.La/c1-5-3-2-4;/h2H,3H2,1H3;. The summed E-state index contributed by atoms with van der Waals surface area (Å²) in [5, 5.41) is 0. The summed E-state index contributed by atoms with van der Waals surface area (Å²) >= 11 is 0. The van der Waals surface area contributed by atoms with Crippen molar-refractivity contribution in [2.75, 3.05) is 13.7 Å². The van der Waals surface area contributed by atoms with E-state index >= 15 is 0 Å². The molecule has 0 heterocycles. The van der Waals surface area contributed by atoms with Gasteiger partial charge in [0.05, 0.1) is 0 Å². The molecule has 0 unspecified atom stereocenters. The van der Waals surface area contributed by atoms with E-state index in [1.807, 2.05) is 0 Å².